The Morgan fingerprint density at radius 1 is 1.03 bits per heavy atom. The lowest BCUT2D eigenvalue weighted by Crippen LogP contribution is -2.32. The van der Waals surface area contributed by atoms with Crippen LogP contribution in [0, 0.1) is 13.8 Å². The fraction of sp³-hybridized carbons (Fsp3) is 0.273. The fourth-order valence-electron chi connectivity index (χ4n) is 3.63. The molecule has 1 aliphatic heterocycles. The van der Waals surface area contributed by atoms with Crippen LogP contribution in [0.4, 0.5) is 4.79 Å². The topological polar surface area (TPSA) is 84.3 Å². The summed E-state index contributed by atoms with van der Waals surface area (Å²) >= 11 is 1.46. The highest BCUT2D eigenvalue weighted by Crippen LogP contribution is 2.25. The Morgan fingerprint density at radius 2 is 1.77 bits per heavy atom. The first kappa shape index (κ1) is 20.2. The number of thioether (sulfide) groups is 1. The maximum Gasteiger partial charge on any atom is 0.324 e. The van der Waals surface area contributed by atoms with Gasteiger partial charge < -0.3 is 5.32 Å². The summed E-state index contributed by atoms with van der Waals surface area (Å²) in [4.78, 5) is 42.8. The number of carbonyl (C=O) groups is 2. The van der Waals surface area contributed by atoms with E-state index in [1.807, 2.05) is 50.2 Å². The maximum absolute atomic E-state index is 13.4. The number of rotatable bonds is 6. The van der Waals surface area contributed by atoms with Crippen LogP contribution >= 0.6 is 11.8 Å². The van der Waals surface area contributed by atoms with E-state index < -0.39 is 0 Å². The number of para-hydroxylation sites is 2. The minimum atomic E-state index is -0.346. The lowest BCUT2D eigenvalue weighted by atomic mass is 10.1. The van der Waals surface area contributed by atoms with Crippen LogP contribution in [-0.4, -0.2) is 45.2 Å². The number of aromatic nitrogens is 2. The third-order valence-electron chi connectivity index (χ3n) is 5.10. The molecule has 0 radical (unpaired) electrons. The van der Waals surface area contributed by atoms with Gasteiger partial charge in [0.1, 0.15) is 0 Å². The first-order chi connectivity index (χ1) is 14.5. The predicted octanol–water partition coefficient (Wildman–Crippen LogP) is 3.04. The van der Waals surface area contributed by atoms with Gasteiger partial charge in [0.2, 0.25) is 5.91 Å². The summed E-state index contributed by atoms with van der Waals surface area (Å²) in [6.07, 6.45) is 0.610. The zero-order valence-corrected chi connectivity index (χ0v) is 17.7. The molecule has 154 valence electrons. The molecule has 0 spiro atoms. The van der Waals surface area contributed by atoms with Crippen molar-refractivity contribution in [3.8, 4) is 5.69 Å². The Morgan fingerprint density at radius 3 is 2.47 bits per heavy atom. The molecule has 1 aliphatic rings. The summed E-state index contributed by atoms with van der Waals surface area (Å²) in [7, 11) is 0. The normalized spacial score (nSPS) is 13.9. The molecule has 1 aromatic heterocycles. The Hall–Kier alpha value is -3.13. The molecule has 1 saturated heterocycles. The predicted molar refractivity (Wildman–Crippen MR) is 117 cm³/mol. The van der Waals surface area contributed by atoms with Crippen LogP contribution in [-0.2, 0) is 4.79 Å². The third kappa shape index (κ3) is 3.70. The van der Waals surface area contributed by atoms with Crippen LogP contribution in [0.25, 0.3) is 16.6 Å². The SMILES string of the molecule is Cc1cccc(C)c1-n1c(SCCCN2C(=O)CNC2=O)nc2ccccc2c1=O. The van der Waals surface area contributed by atoms with E-state index in [2.05, 4.69) is 5.32 Å². The summed E-state index contributed by atoms with van der Waals surface area (Å²) in [5.41, 5.74) is 3.39. The number of amides is 3. The van der Waals surface area contributed by atoms with Gasteiger partial charge in [-0.3, -0.25) is 19.1 Å². The summed E-state index contributed by atoms with van der Waals surface area (Å²) in [6, 6.07) is 12.9. The smallest absolute Gasteiger partial charge is 0.324 e. The molecule has 3 aromatic rings. The van der Waals surface area contributed by atoms with Gasteiger partial charge >= 0.3 is 6.03 Å². The molecule has 0 saturated carbocycles. The van der Waals surface area contributed by atoms with Crippen LogP contribution in [0.3, 0.4) is 0 Å². The van der Waals surface area contributed by atoms with Crippen LogP contribution in [0.5, 0.6) is 0 Å². The second kappa shape index (κ2) is 8.31. The molecule has 7 nitrogen and oxygen atoms in total. The average molecular weight is 423 g/mol. The standard InChI is InChI=1S/C22H22N4O3S/c1-14-7-5-8-15(2)19(14)26-20(28)16-9-3-4-10-17(16)24-22(26)30-12-6-11-25-18(27)13-23-21(25)29/h3-5,7-10H,6,11-13H2,1-2H3,(H,23,29). The number of imide groups is 1. The van der Waals surface area contributed by atoms with Crippen LogP contribution < -0.4 is 10.9 Å². The minimum absolute atomic E-state index is 0.0598. The fourth-order valence-corrected chi connectivity index (χ4v) is 4.55. The third-order valence-corrected chi connectivity index (χ3v) is 6.13. The molecule has 0 unspecified atom stereocenters. The number of nitrogens with zero attached hydrogens (tertiary/aromatic N) is 3. The van der Waals surface area contributed by atoms with E-state index in [-0.39, 0.29) is 24.0 Å². The zero-order chi connectivity index (χ0) is 21.3. The lowest BCUT2D eigenvalue weighted by Gasteiger charge is -2.17. The average Bonchev–Trinajstić information content (AvgIpc) is 3.05. The van der Waals surface area contributed by atoms with Crippen molar-refractivity contribution in [3.05, 3.63) is 63.9 Å². The molecule has 1 fully saturated rings. The largest absolute Gasteiger partial charge is 0.329 e. The van der Waals surface area contributed by atoms with E-state index >= 15 is 0 Å². The molecule has 0 aliphatic carbocycles. The van der Waals surface area contributed by atoms with Crippen molar-refractivity contribution in [1.29, 1.82) is 0 Å². The Kier molecular flexibility index (Phi) is 5.59. The number of benzene rings is 2. The van der Waals surface area contributed by atoms with Crippen LogP contribution in [0.2, 0.25) is 0 Å². The van der Waals surface area contributed by atoms with E-state index in [0.717, 1.165) is 16.8 Å². The van der Waals surface area contributed by atoms with Crippen molar-refractivity contribution in [3.63, 3.8) is 0 Å². The molecule has 2 aromatic carbocycles. The van der Waals surface area contributed by atoms with Crippen molar-refractivity contribution in [2.45, 2.75) is 25.4 Å². The summed E-state index contributed by atoms with van der Waals surface area (Å²) in [5, 5.41) is 3.70. The number of carbonyl (C=O) groups excluding carboxylic acids is 2. The lowest BCUT2D eigenvalue weighted by molar-refractivity contribution is -0.124. The van der Waals surface area contributed by atoms with Gasteiger partial charge in [-0.25, -0.2) is 9.78 Å². The number of hydrogen-bond acceptors (Lipinski definition) is 5. The highest BCUT2D eigenvalue weighted by Gasteiger charge is 2.27. The molecule has 0 atom stereocenters. The van der Waals surface area contributed by atoms with Crippen LogP contribution in [0.15, 0.2) is 52.4 Å². The molecule has 2 heterocycles. The van der Waals surface area contributed by atoms with Gasteiger partial charge in [0, 0.05) is 12.3 Å². The number of fused-ring (bicyclic) bond motifs is 1. The van der Waals surface area contributed by atoms with Crippen molar-refractivity contribution < 1.29 is 9.59 Å². The van der Waals surface area contributed by atoms with E-state index in [1.165, 1.54) is 16.7 Å². The monoisotopic (exact) mass is 422 g/mol. The molecule has 8 heteroatoms. The van der Waals surface area contributed by atoms with Crippen molar-refractivity contribution >= 4 is 34.6 Å². The van der Waals surface area contributed by atoms with E-state index in [0.29, 0.717) is 34.8 Å². The Balaban J connectivity index is 1.67. The van der Waals surface area contributed by atoms with E-state index in [1.54, 1.807) is 10.6 Å². The van der Waals surface area contributed by atoms with Crippen molar-refractivity contribution in [2.24, 2.45) is 0 Å². The van der Waals surface area contributed by atoms with Gasteiger partial charge in [0.25, 0.3) is 5.56 Å². The van der Waals surface area contributed by atoms with Crippen molar-refractivity contribution in [1.82, 2.24) is 19.8 Å². The first-order valence-corrected chi connectivity index (χ1v) is 10.8. The zero-order valence-electron chi connectivity index (χ0n) is 16.8. The van der Waals surface area contributed by atoms with Gasteiger partial charge in [-0.05, 0) is 43.5 Å². The highest BCUT2D eigenvalue weighted by atomic mass is 32.2. The summed E-state index contributed by atoms with van der Waals surface area (Å²) in [5.74, 6) is 0.411. The molecule has 4 rings (SSSR count). The van der Waals surface area contributed by atoms with Gasteiger partial charge in [0.15, 0.2) is 5.16 Å². The Labute approximate surface area is 178 Å². The van der Waals surface area contributed by atoms with Gasteiger partial charge in [0.05, 0.1) is 23.1 Å². The van der Waals surface area contributed by atoms with Crippen LogP contribution in [0.1, 0.15) is 17.5 Å². The van der Waals surface area contributed by atoms with Gasteiger partial charge in [-0.2, -0.15) is 0 Å². The highest BCUT2D eigenvalue weighted by molar-refractivity contribution is 7.99. The molecule has 30 heavy (non-hydrogen) atoms. The van der Waals surface area contributed by atoms with Gasteiger partial charge in [-0.15, -0.1) is 0 Å². The number of hydrogen-bond donors (Lipinski definition) is 1. The number of urea groups is 1. The van der Waals surface area contributed by atoms with E-state index in [4.69, 9.17) is 4.98 Å². The molecular formula is C22H22N4O3S. The molecule has 1 N–H and O–H groups in total. The minimum Gasteiger partial charge on any atom is -0.329 e. The Bertz CT molecular complexity index is 1170. The van der Waals surface area contributed by atoms with Gasteiger partial charge in [-0.1, -0.05) is 42.1 Å². The second-order valence-corrected chi connectivity index (χ2v) is 8.26. The maximum atomic E-state index is 13.4. The summed E-state index contributed by atoms with van der Waals surface area (Å²) in [6.45, 7) is 4.37. The number of aryl methyl sites for hydroxylation is 2. The summed E-state index contributed by atoms with van der Waals surface area (Å²) < 4.78 is 1.69. The molecular weight excluding hydrogens is 400 g/mol. The molecule has 3 amide bonds. The van der Waals surface area contributed by atoms with E-state index in [9.17, 15) is 14.4 Å². The number of nitrogens with one attached hydrogen (secondary N) is 1. The first-order valence-electron chi connectivity index (χ1n) is 9.77. The quantitative estimate of drug-likeness (QED) is 0.286. The molecule has 0 bridgehead atoms. The van der Waals surface area contributed by atoms with Crippen molar-refractivity contribution in [2.75, 3.05) is 18.8 Å². The second-order valence-electron chi connectivity index (χ2n) is 7.20.